The summed E-state index contributed by atoms with van der Waals surface area (Å²) in [5.41, 5.74) is 3.50. The molecule has 0 saturated carbocycles. The second-order valence-corrected chi connectivity index (χ2v) is 4.78. The maximum Gasteiger partial charge on any atom is 0.159 e. The minimum absolute atomic E-state index is 0.128. The smallest absolute Gasteiger partial charge is 0.159 e. The molecule has 0 spiro atoms. The standard InChI is InChI=1S/C15H19NO/c1-12(17)15-5-3-13(4-6-15)11-14-7-9-16(2)10-8-14/h3-6,11H,7-10H2,1-2H3. The number of piperidine rings is 1. The van der Waals surface area contributed by atoms with Gasteiger partial charge in [0.2, 0.25) is 0 Å². The highest BCUT2D eigenvalue weighted by molar-refractivity contribution is 5.94. The van der Waals surface area contributed by atoms with Crippen molar-refractivity contribution in [1.82, 2.24) is 4.90 Å². The molecule has 0 amide bonds. The van der Waals surface area contributed by atoms with Crippen LogP contribution in [-0.4, -0.2) is 30.8 Å². The molecule has 1 fully saturated rings. The molecule has 17 heavy (non-hydrogen) atoms. The molecular weight excluding hydrogens is 210 g/mol. The number of rotatable bonds is 2. The zero-order valence-electron chi connectivity index (χ0n) is 10.6. The fourth-order valence-corrected chi connectivity index (χ4v) is 2.10. The average molecular weight is 229 g/mol. The van der Waals surface area contributed by atoms with Crippen LogP contribution in [0, 0.1) is 0 Å². The van der Waals surface area contributed by atoms with E-state index in [9.17, 15) is 4.79 Å². The number of ketones is 1. The lowest BCUT2D eigenvalue weighted by atomic mass is 10.0. The maximum atomic E-state index is 11.2. The quantitative estimate of drug-likeness (QED) is 0.727. The highest BCUT2D eigenvalue weighted by Gasteiger charge is 2.09. The summed E-state index contributed by atoms with van der Waals surface area (Å²) in [6.07, 6.45) is 4.58. The van der Waals surface area contributed by atoms with Crippen LogP contribution in [-0.2, 0) is 0 Å². The highest BCUT2D eigenvalue weighted by atomic mass is 16.1. The van der Waals surface area contributed by atoms with E-state index in [0.29, 0.717) is 0 Å². The first-order valence-electron chi connectivity index (χ1n) is 6.14. The van der Waals surface area contributed by atoms with Crippen molar-refractivity contribution in [3.8, 4) is 0 Å². The van der Waals surface area contributed by atoms with Crippen LogP contribution in [0.15, 0.2) is 29.8 Å². The first kappa shape index (κ1) is 12.1. The van der Waals surface area contributed by atoms with Crippen LogP contribution >= 0.6 is 0 Å². The van der Waals surface area contributed by atoms with Crippen molar-refractivity contribution in [2.45, 2.75) is 19.8 Å². The van der Waals surface area contributed by atoms with Gasteiger partial charge in [0.25, 0.3) is 0 Å². The normalized spacial score (nSPS) is 16.9. The zero-order chi connectivity index (χ0) is 12.3. The Hall–Kier alpha value is -1.41. The third-order valence-electron chi connectivity index (χ3n) is 3.32. The molecule has 2 rings (SSSR count). The largest absolute Gasteiger partial charge is 0.306 e. The SMILES string of the molecule is CC(=O)c1ccc(C=C2CCN(C)CC2)cc1. The summed E-state index contributed by atoms with van der Waals surface area (Å²) in [5.74, 6) is 0.128. The summed E-state index contributed by atoms with van der Waals surface area (Å²) in [6.45, 7) is 3.90. The van der Waals surface area contributed by atoms with E-state index in [-0.39, 0.29) is 5.78 Å². The Kier molecular flexibility index (Phi) is 3.75. The van der Waals surface area contributed by atoms with Gasteiger partial charge in [-0.1, -0.05) is 35.9 Å². The fourth-order valence-electron chi connectivity index (χ4n) is 2.10. The zero-order valence-corrected chi connectivity index (χ0v) is 10.6. The molecular formula is C15H19NO. The van der Waals surface area contributed by atoms with Crippen molar-refractivity contribution in [3.63, 3.8) is 0 Å². The molecule has 1 aliphatic heterocycles. The summed E-state index contributed by atoms with van der Waals surface area (Å²) in [4.78, 5) is 13.5. The molecule has 90 valence electrons. The predicted octanol–water partition coefficient (Wildman–Crippen LogP) is 3.00. The van der Waals surface area contributed by atoms with E-state index in [0.717, 1.165) is 31.5 Å². The van der Waals surface area contributed by atoms with Gasteiger partial charge < -0.3 is 4.90 Å². The van der Waals surface area contributed by atoms with Gasteiger partial charge in [0, 0.05) is 18.7 Å². The molecule has 0 radical (unpaired) electrons. The number of carbonyl (C=O) groups is 1. The van der Waals surface area contributed by atoms with E-state index >= 15 is 0 Å². The van der Waals surface area contributed by atoms with Gasteiger partial charge in [-0.3, -0.25) is 4.79 Å². The summed E-state index contributed by atoms with van der Waals surface area (Å²) in [6, 6.07) is 7.87. The summed E-state index contributed by atoms with van der Waals surface area (Å²) in [7, 11) is 2.17. The number of benzene rings is 1. The molecule has 1 aromatic carbocycles. The van der Waals surface area contributed by atoms with Crippen molar-refractivity contribution in [3.05, 3.63) is 41.0 Å². The van der Waals surface area contributed by atoms with Gasteiger partial charge in [0.15, 0.2) is 5.78 Å². The predicted molar refractivity (Wildman–Crippen MR) is 71.2 cm³/mol. The van der Waals surface area contributed by atoms with E-state index in [1.807, 2.05) is 24.3 Å². The van der Waals surface area contributed by atoms with Crippen LogP contribution in [0.25, 0.3) is 6.08 Å². The van der Waals surface area contributed by atoms with Crippen molar-refractivity contribution in [2.75, 3.05) is 20.1 Å². The fraction of sp³-hybridized carbons (Fsp3) is 0.400. The third-order valence-corrected chi connectivity index (χ3v) is 3.32. The van der Waals surface area contributed by atoms with Crippen LogP contribution in [0.3, 0.4) is 0 Å². The van der Waals surface area contributed by atoms with E-state index in [1.54, 1.807) is 6.92 Å². The second-order valence-electron chi connectivity index (χ2n) is 4.78. The molecule has 0 N–H and O–H groups in total. The Labute approximate surface area is 103 Å². The number of hydrogen-bond acceptors (Lipinski definition) is 2. The van der Waals surface area contributed by atoms with E-state index in [4.69, 9.17) is 0 Å². The van der Waals surface area contributed by atoms with Crippen LogP contribution in [0.4, 0.5) is 0 Å². The van der Waals surface area contributed by atoms with Gasteiger partial charge in [-0.2, -0.15) is 0 Å². The van der Waals surface area contributed by atoms with Crippen molar-refractivity contribution < 1.29 is 4.79 Å². The number of hydrogen-bond donors (Lipinski definition) is 0. The molecule has 2 nitrogen and oxygen atoms in total. The number of nitrogens with zero attached hydrogens (tertiary/aromatic N) is 1. The third kappa shape index (κ3) is 3.27. The first-order valence-corrected chi connectivity index (χ1v) is 6.14. The van der Waals surface area contributed by atoms with Crippen molar-refractivity contribution in [2.24, 2.45) is 0 Å². The summed E-state index contributed by atoms with van der Waals surface area (Å²) < 4.78 is 0. The minimum atomic E-state index is 0.128. The number of Topliss-reactive ketones (excluding diaryl/α,β-unsaturated/α-hetero) is 1. The monoisotopic (exact) mass is 229 g/mol. The topological polar surface area (TPSA) is 20.3 Å². The Morgan fingerprint density at radius 3 is 2.29 bits per heavy atom. The molecule has 0 bridgehead atoms. The number of carbonyl (C=O) groups excluding carboxylic acids is 1. The highest BCUT2D eigenvalue weighted by Crippen LogP contribution is 2.18. The average Bonchev–Trinajstić information content (AvgIpc) is 2.33. The lowest BCUT2D eigenvalue weighted by Crippen LogP contribution is -2.26. The Balaban J connectivity index is 2.08. The van der Waals surface area contributed by atoms with Crippen LogP contribution in [0.5, 0.6) is 0 Å². The second kappa shape index (κ2) is 5.28. The molecule has 1 saturated heterocycles. The first-order chi connectivity index (χ1) is 8.15. The van der Waals surface area contributed by atoms with Gasteiger partial charge in [0.1, 0.15) is 0 Å². The van der Waals surface area contributed by atoms with E-state index in [2.05, 4.69) is 18.0 Å². The molecule has 0 aliphatic carbocycles. The van der Waals surface area contributed by atoms with Crippen molar-refractivity contribution >= 4 is 11.9 Å². The summed E-state index contributed by atoms with van der Waals surface area (Å²) >= 11 is 0. The summed E-state index contributed by atoms with van der Waals surface area (Å²) in [5, 5.41) is 0. The molecule has 1 heterocycles. The lowest BCUT2D eigenvalue weighted by molar-refractivity contribution is 0.101. The molecule has 2 heteroatoms. The van der Waals surface area contributed by atoms with E-state index < -0.39 is 0 Å². The molecule has 0 aromatic heterocycles. The molecule has 1 aromatic rings. The molecule has 0 atom stereocenters. The van der Waals surface area contributed by atoms with Gasteiger partial charge in [-0.25, -0.2) is 0 Å². The Morgan fingerprint density at radius 1 is 1.18 bits per heavy atom. The maximum absolute atomic E-state index is 11.2. The molecule has 1 aliphatic rings. The molecule has 0 unspecified atom stereocenters. The van der Waals surface area contributed by atoms with Crippen LogP contribution in [0.2, 0.25) is 0 Å². The van der Waals surface area contributed by atoms with Crippen LogP contribution in [0.1, 0.15) is 35.7 Å². The van der Waals surface area contributed by atoms with Crippen LogP contribution < -0.4 is 0 Å². The minimum Gasteiger partial charge on any atom is -0.306 e. The van der Waals surface area contributed by atoms with Crippen molar-refractivity contribution in [1.29, 1.82) is 0 Å². The van der Waals surface area contributed by atoms with Gasteiger partial charge in [-0.05, 0) is 32.4 Å². The van der Waals surface area contributed by atoms with E-state index in [1.165, 1.54) is 11.1 Å². The van der Waals surface area contributed by atoms with Gasteiger partial charge in [0.05, 0.1) is 0 Å². The number of likely N-dealkylation sites (tertiary alicyclic amines) is 1. The van der Waals surface area contributed by atoms with Gasteiger partial charge in [-0.15, -0.1) is 0 Å². The Bertz CT molecular complexity index is 421. The van der Waals surface area contributed by atoms with Gasteiger partial charge >= 0.3 is 0 Å². The Morgan fingerprint density at radius 2 is 1.76 bits per heavy atom. The lowest BCUT2D eigenvalue weighted by Gasteiger charge is -2.24.